The highest BCUT2D eigenvalue weighted by Crippen LogP contribution is 2.47. The van der Waals surface area contributed by atoms with Gasteiger partial charge in [0.2, 0.25) is 15.9 Å². The van der Waals surface area contributed by atoms with Crippen LogP contribution in [0.5, 0.6) is 0 Å². The second kappa shape index (κ2) is 6.89. The van der Waals surface area contributed by atoms with E-state index in [1.165, 1.54) is 24.3 Å². The second-order valence-electron chi connectivity index (χ2n) is 7.05. The van der Waals surface area contributed by atoms with E-state index in [0.29, 0.717) is 28.8 Å². The molecule has 1 fully saturated rings. The first-order valence-corrected chi connectivity index (χ1v) is 10.1. The third kappa shape index (κ3) is 3.83. The van der Waals surface area contributed by atoms with Gasteiger partial charge in [-0.2, -0.15) is 4.31 Å². The van der Waals surface area contributed by atoms with Crippen LogP contribution in [0, 0.1) is 12.8 Å². The molecule has 6 nitrogen and oxygen atoms in total. The minimum atomic E-state index is -3.71. The van der Waals surface area contributed by atoms with Gasteiger partial charge in [0.15, 0.2) is 0 Å². The Morgan fingerprint density at radius 2 is 2.00 bits per heavy atom. The number of furan rings is 1. The van der Waals surface area contributed by atoms with Crippen LogP contribution in [-0.2, 0) is 21.4 Å². The molecule has 1 saturated carbocycles. The summed E-state index contributed by atoms with van der Waals surface area (Å²) in [5.74, 6) is 2.41. The molecule has 7 heteroatoms. The molecule has 0 unspecified atom stereocenters. The molecule has 1 heterocycles. The van der Waals surface area contributed by atoms with E-state index >= 15 is 0 Å². The van der Waals surface area contributed by atoms with Crippen molar-refractivity contribution >= 4 is 21.6 Å². The number of amides is 1. The molecule has 1 aromatic heterocycles. The molecule has 0 spiro atoms. The highest BCUT2D eigenvalue weighted by molar-refractivity contribution is 7.89. The summed E-state index contributed by atoms with van der Waals surface area (Å²) in [7, 11) is -2.18. The van der Waals surface area contributed by atoms with Crippen LogP contribution in [-0.4, -0.2) is 25.7 Å². The van der Waals surface area contributed by atoms with E-state index in [1.54, 1.807) is 19.1 Å². The number of anilines is 1. The van der Waals surface area contributed by atoms with Gasteiger partial charge in [-0.05, 0) is 49.1 Å². The van der Waals surface area contributed by atoms with Gasteiger partial charge in [0.1, 0.15) is 11.5 Å². The second-order valence-corrected chi connectivity index (χ2v) is 9.06. The van der Waals surface area contributed by atoms with Gasteiger partial charge < -0.3 is 9.73 Å². The molecule has 3 rings (SSSR count). The zero-order chi connectivity index (χ0) is 19.1. The first kappa shape index (κ1) is 18.7. The van der Waals surface area contributed by atoms with E-state index < -0.39 is 10.0 Å². The van der Waals surface area contributed by atoms with Crippen LogP contribution < -0.4 is 5.32 Å². The van der Waals surface area contributed by atoms with Gasteiger partial charge in [0.25, 0.3) is 0 Å². The Kier molecular flexibility index (Phi) is 4.94. The van der Waals surface area contributed by atoms with Crippen molar-refractivity contribution in [3.8, 4) is 0 Å². The van der Waals surface area contributed by atoms with Crippen molar-refractivity contribution in [3.05, 3.63) is 47.4 Å². The summed E-state index contributed by atoms with van der Waals surface area (Å²) >= 11 is 0. The maximum Gasteiger partial charge on any atom is 0.243 e. The quantitative estimate of drug-likeness (QED) is 0.837. The summed E-state index contributed by atoms with van der Waals surface area (Å²) in [5, 5.41) is 2.62. The molecule has 1 aliphatic rings. The molecule has 0 aliphatic heterocycles. The van der Waals surface area contributed by atoms with E-state index in [9.17, 15) is 13.2 Å². The Morgan fingerprint density at radius 1 is 1.31 bits per heavy atom. The first-order chi connectivity index (χ1) is 12.2. The number of sulfonamides is 1. The van der Waals surface area contributed by atoms with Gasteiger partial charge in [0, 0.05) is 25.6 Å². The first-order valence-electron chi connectivity index (χ1n) is 8.61. The number of aryl methyl sites for hydroxylation is 1. The SMILES string of the molecule is CC(=O)Nc1ccc(C)c(S(=O)(=O)N(C)Cc2ccc([C@@H]3C[C@H]3C)o2)c1. The molecule has 26 heavy (non-hydrogen) atoms. The molecule has 2 aromatic rings. The van der Waals surface area contributed by atoms with Crippen LogP contribution in [0.25, 0.3) is 0 Å². The maximum atomic E-state index is 13.0. The number of nitrogens with zero attached hydrogens (tertiary/aromatic N) is 1. The summed E-state index contributed by atoms with van der Waals surface area (Å²) in [4.78, 5) is 11.4. The minimum absolute atomic E-state index is 0.160. The third-order valence-electron chi connectivity index (χ3n) is 4.73. The van der Waals surface area contributed by atoms with Gasteiger partial charge in [0.05, 0.1) is 11.4 Å². The number of carbonyl (C=O) groups excluding carboxylic acids is 1. The zero-order valence-corrected chi connectivity index (χ0v) is 16.3. The lowest BCUT2D eigenvalue weighted by atomic mass is 10.2. The highest BCUT2D eigenvalue weighted by atomic mass is 32.2. The van der Waals surface area contributed by atoms with E-state index in [2.05, 4.69) is 12.2 Å². The minimum Gasteiger partial charge on any atom is -0.464 e. The highest BCUT2D eigenvalue weighted by Gasteiger charge is 2.36. The lowest BCUT2D eigenvalue weighted by Gasteiger charge is -2.18. The Hall–Kier alpha value is -2.12. The van der Waals surface area contributed by atoms with E-state index in [1.807, 2.05) is 12.1 Å². The normalized spacial score (nSPS) is 19.6. The molecule has 1 amide bonds. The number of nitrogens with one attached hydrogen (secondary N) is 1. The standard InChI is InChI=1S/C19H24N2O4S/c1-12-5-6-15(20-14(3)22)10-19(12)26(23,24)21(4)11-16-7-8-18(25-16)17-9-13(17)2/h5-8,10,13,17H,9,11H2,1-4H3,(H,20,22)/t13-,17-/m1/s1. The number of rotatable bonds is 6. The van der Waals surface area contributed by atoms with E-state index in [-0.39, 0.29) is 17.3 Å². The van der Waals surface area contributed by atoms with Gasteiger partial charge in [-0.15, -0.1) is 0 Å². The number of carbonyl (C=O) groups is 1. The van der Waals surface area contributed by atoms with Crippen LogP contribution in [0.1, 0.15) is 43.3 Å². The lowest BCUT2D eigenvalue weighted by molar-refractivity contribution is -0.114. The van der Waals surface area contributed by atoms with Crippen molar-refractivity contribution in [1.29, 1.82) is 0 Å². The van der Waals surface area contributed by atoms with Crippen molar-refractivity contribution in [2.45, 2.75) is 44.6 Å². The molecule has 1 aromatic carbocycles. The molecule has 1 N–H and O–H groups in total. The van der Waals surface area contributed by atoms with Crippen molar-refractivity contribution < 1.29 is 17.6 Å². The molecule has 140 valence electrons. The fourth-order valence-electron chi connectivity index (χ4n) is 3.03. The summed E-state index contributed by atoms with van der Waals surface area (Å²) in [6.45, 7) is 5.45. The smallest absolute Gasteiger partial charge is 0.243 e. The number of hydrogen-bond donors (Lipinski definition) is 1. The molecule has 0 saturated heterocycles. The maximum absolute atomic E-state index is 13.0. The predicted octanol–water partition coefficient (Wildman–Crippen LogP) is 3.49. The Bertz CT molecular complexity index is 933. The van der Waals surface area contributed by atoms with Crippen LogP contribution in [0.3, 0.4) is 0 Å². The monoisotopic (exact) mass is 376 g/mol. The Balaban J connectivity index is 1.80. The topological polar surface area (TPSA) is 79.6 Å². The van der Waals surface area contributed by atoms with Crippen LogP contribution >= 0.6 is 0 Å². The lowest BCUT2D eigenvalue weighted by Crippen LogP contribution is -2.27. The summed E-state index contributed by atoms with van der Waals surface area (Å²) < 4.78 is 33.0. The Morgan fingerprint density at radius 3 is 2.62 bits per heavy atom. The van der Waals surface area contributed by atoms with Crippen LogP contribution in [0.15, 0.2) is 39.6 Å². The van der Waals surface area contributed by atoms with E-state index in [0.717, 1.165) is 12.2 Å². The molecule has 0 radical (unpaired) electrons. The van der Waals surface area contributed by atoms with Crippen LogP contribution in [0.4, 0.5) is 5.69 Å². The molecule has 2 atom stereocenters. The van der Waals surface area contributed by atoms with Crippen molar-refractivity contribution in [2.24, 2.45) is 5.92 Å². The fourth-order valence-corrected chi connectivity index (χ4v) is 4.41. The van der Waals surface area contributed by atoms with Crippen molar-refractivity contribution in [2.75, 3.05) is 12.4 Å². The third-order valence-corrected chi connectivity index (χ3v) is 6.68. The van der Waals surface area contributed by atoms with Gasteiger partial charge in [-0.3, -0.25) is 4.79 Å². The summed E-state index contributed by atoms with van der Waals surface area (Å²) in [6.07, 6.45) is 1.12. The van der Waals surface area contributed by atoms with Crippen molar-refractivity contribution in [1.82, 2.24) is 4.31 Å². The molecular weight excluding hydrogens is 352 g/mol. The van der Waals surface area contributed by atoms with Gasteiger partial charge in [-0.25, -0.2) is 8.42 Å². The number of benzene rings is 1. The fraction of sp³-hybridized carbons (Fsp3) is 0.421. The van der Waals surface area contributed by atoms with Crippen molar-refractivity contribution in [3.63, 3.8) is 0 Å². The molecule has 1 aliphatic carbocycles. The van der Waals surface area contributed by atoms with Crippen LogP contribution in [0.2, 0.25) is 0 Å². The van der Waals surface area contributed by atoms with Gasteiger partial charge in [-0.1, -0.05) is 13.0 Å². The molecular formula is C19H24N2O4S. The summed E-state index contributed by atoms with van der Waals surface area (Å²) in [6, 6.07) is 8.64. The zero-order valence-electron chi connectivity index (χ0n) is 15.4. The number of hydrogen-bond acceptors (Lipinski definition) is 4. The Labute approximate surface area is 154 Å². The predicted molar refractivity (Wildman–Crippen MR) is 99.4 cm³/mol. The average molecular weight is 376 g/mol. The summed E-state index contributed by atoms with van der Waals surface area (Å²) in [5.41, 5.74) is 1.08. The average Bonchev–Trinajstić information content (AvgIpc) is 3.10. The van der Waals surface area contributed by atoms with E-state index in [4.69, 9.17) is 4.42 Å². The van der Waals surface area contributed by atoms with Gasteiger partial charge >= 0.3 is 0 Å². The largest absolute Gasteiger partial charge is 0.464 e. The molecule has 0 bridgehead atoms.